The molecule has 0 unspecified atom stereocenters. The van der Waals surface area contributed by atoms with Crippen molar-refractivity contribution in [2.45, 2.75) is 6.92 Å². The summed E-state index contributed by atoms with van der Waals surface area (Å²) in [7, 11) is 3.88. The van der Waals surface area contributed by atoms with Crippen LogP contribution >= 0.6 is 0 Å². The van der Waals surface area contributed by atoms with Gasteiger partial charge in [-0.15, -0.1) is 0 Å². The topological polar surface area (TPSA) is 70.2 Å². The van der Waals surface area contributed by atoms with E-state index in [-0.39, 0.29) is 5.91 Å². The number of rotatable bonds is 6. The highest BCUT2D eigenvalue weighted by molar-refractivity contribution is 6.02. The van der Waals surface area contributed by atoms with E-state index in [2.05, 4.69) is 20.6 Å². The summed E-state index contributed by atoms with van der Waals surface area (Å²) in [5, 5.41) is 6.11. The van der Waals surface area contributed by atoms with Gasteiger partial charge in [0.05, 0.1) is 0 Å². The van der Waals surface area contributed by atoms with Crippen molar-refractivity contribution in [3.63, 3.8) is 0 Å². The number of nitrogens with one attached hydrogen (secondary N) is 2. The smallest absolute Gasteiger partial charge is 0.248 e. The fourth-order valence-corrected chi connectivity index (χ4v) is 2.55. The van der Waals surface area contributed by atoms with Crippen molar-refractivity contribution < 1.29 is 4.79 Å². The van der Waals surface area contributed by atoms with Crippen molar-refractivity contribution >= 4 is 35.0 Å². The predicted molar refractivity (Wildman–Crippen MR) is 115 cm³/mol. The highest BCUT2D eigenvalue weighted by atomic mass is 16.1. The molecule has 0 saturated heterocycles. The predicted octanol–water partition coefficient (Wildman–Crippen LogP) is 4.25. The average Bonchev–Trinajstić information content (AvgIpc) is 2.68. The first-order valence-electron chi connectivity index (χ1n) is 8.94. The van der Waals surface area contributed by atoms with Gasteiger partial charge in [-0.25, -0.2) is 9.97 Å². The fraction of sp³-hybridized carbons (Fsp3) is 0.136. The SMILES string of the molecule is Cc1nc(Nc2ccc(NC(=O)/C=C/c3ccccc3)cc2)cc(N(C)C)n1. The molecule has 0 aliphatic rings. The van der Waals surface area contributed by atoms with Crippen LogP contribution in [0.3, 0.4) is 0 Å². The van der Waals surface area contributed by atoms with E-state index in [0.717, 1.165) is 28.6 Å². The number of carbonyl (C=O) groups excluding carboxylic acids is 1. The minimum Gasteiger partial charge on any atom is -0.363 e. The van der Waals surface area contributed by atoms with Crippen LogP contribution in [0.25, 0.3) is 6.08 Å². The molecule has 3 rings (SSSR count). The Morgan fingerprint density at radius 1 is 0.964 bits per heavy atom. The van der Waals surface area contributed by atoms with Gasteiger partial charge in [-0.1, -0.05) is 30.3 Å². The summed E-state index contributed by atoms with van der Waals surface area (Å²) in [6.07, 6.45) is 3.30. The molecule has 3 aromatic rings. The van der Waals surface area contributed by atoms with Gasteiger partial charge in [0, 0.05) is 37.6 Å². The van der Waals surface area contributed by atoms with Gasteiger partial charge in [-0.2, -0.15) is 0 Å². The number of nitrogens with zero attached hydrogens (tertiary/aromatic N) is 3. The first kappa shape index (κ1) is 19.1. The largest absolute Gasteiger partial charge is 0.363 e. The zero-order valence-corrected chi connectivity index (χ0v) is 16.2. The van der Waals surface area contributed by atoms with E-state index >= 15 is 0 Å². The molecule has 0 aliphatic carbocycles. The first-order chi connectivity index (χ1) is 13.5. The average molecular weight is 373 g/mol. The molecule has 142 valence electrons. The summed E-state index contributed by atoms with van der Waals surface area (Å²) in [4.78, 5) is 22.8. The van der Waals surface area contributed by atoms with Crippen LogP contribution in [0.15, 0.2) is 66.7 Å². The van der Waals surface area contributed by atoms with Crippen molar-refractivity contribution in [1.29, 1.82) is 0 Å². The number of aryl methyl sites for hydroxylation is 1. The van der Waals surface area contributed by atoms with Crippen molar-refractivity contribution in [3.05, 3.63) is 78.1 Å². The Balaban J connectivity index is 1.62. The molecule has 1 heterocycles. The summed E-state index contributed by atoms with van der Waals surface area (Å²) in [6.45, 7) is 1.86. The Kier molecular flexibility index (Phi) is 6.01. The number of amides is 1. The standard InChI is InChI=1S/C22H23N5O/c1-16-23-20(15-21(24-16)27(2)3)25-18-10-12-19(13-11-18)26-22(28)14-9-17-7-5-4-6-8-17/h4-15H,1-3H3,(H,26,28)(H,23,24,25)/b14-9+. The van der Waals surface area contributed by atoms with E-state index in [1.54, 1.807) is 6.08 Å². The van der Waals surface area contributed by atoms with Gasteiger partial charge in [-0.3, -0.25) is 4.79 Å². The highest BCUT2D eigenvalue weighted by Crippen LogP contribution is 2.20. The number of benzene rings is 2. The quantitative estimate of drug-likeness (QED) is 0.632. The van der Waals surface area contributed by atoms with Gasteiger partial charge in [0.25, 0.3) is 0 Å². The van der Waals surface area contributed by atoms with Crippen LogP contribution < -0.4 is 15.5 Å². The summed E-state index contributed by atoms with van der Waals surface area (Å²) < 4.78 is 0. The summed E-state index contributed by atoms with van der Waals surface area (Å²) in [5.41, 5.74) is 2.58. The Morgan fingerprint density at radius 2 is 1.64 bits per heavy atom. The van der Waals surface area contributed by atoms with Gasteiger partial charge >= 0.3 is 0 Å². The Hall–Kier alpha value is -3.67. The Morgan fingerprint density at radius 3 is 2.32 bits per heavy atom. The van der Waals surface area contributed by atoms with Crippen molar-refractivity contribution in [1.82, 2.24) is 9.97 Å². The second kappa shape index (κ2) is 8.81. The Labute approximate surface area is 165 Å². The molecule has 0 spiro atoms. The molecular weight excluding hydrogens is 350 g/mol. The van der Waals surface area contributed by atoms with Gasteiger partial charge < -0.3 is 15.5 Å². The van der Waals surface area contributed by atoms with Gasteiger partial charge in [0.15, 0.2) is 0 Å². The number of anilines is 4. The monoisotopic (exact) mass is 373 g/mol. The van der Waals surface area contributed by atoms with Crippen LogP contribution in [0, 0.1) is 6.92 Å². The molecule has 0 radical (unpaired) electrons. The minimum absolute atomic E-state index is 0.174. The first-order valence-corrected chi connectivity index (χ1v) is 8.94. The lowest BCUT2D eigenvalue weighted by atomic mass is 10.2. The zero-order chi connectivity index (χ0) is 19.9. The van der Waals surface area contributed by atoms with Crippen LogP contribution in [0.5, 0.6) is 0 Å². The van der Waals surface area contributed by atoms with Crippen LogP contribution in [-0.2, 0) is 4.79 Å². The molecule has 6 nitrogen and oxygen atoms in total. The molecule has 2 N–H and O–H groups in total. The third kappa shape index (κ3) is 5.41. The lowest BCUT2D eigenvalue weighted by molar-refractivity contribution is -0.111. The van der Waals surface area contributed by atoms with Crippen LogP contribution in [0.2, 0.25) is 0 Å². The van der Waals surface area contributed by atoms with Gasteiger partial charge in [0.1, 0.15) is 17.5 Å². The number of hydrogen-bond acceptors (Lipinski definition) is 5. The van der Waals surface area contributed by atoms with Crippen LogP contribution in [-0.4, -0.2) is 30.0 Å². The van der Waals surface area contributed by atoms with E-state index in [9.17, 15) is 4.79 Å². The molecule has 0 aliphatic heterocycles. The van der Waals surface area contributed by atoms with Crippen LogP contribution in [0.4, 0.5) is 23.0 Å². The number of aromatic nitrogens is 2. The molecular formula is C22H23N5O. The third-order valence-electron chi connectivity index (χ3n) is 3.93. The second-order valence-electron chi connectivity index (χ2n) is 6.49. The molecule has 2 aromatic carbocycles. The van der Waals surface area contributed by atoms with E-state index in [4.69, 9.17) is 0 Å². The van der Waals surface area contributed by atoms with E-state index in [1.807, 2.05) is 86.6 Å². The van der Waals surface area contributed by atoms with E-state index in [0.29, 0.717) is 5.82 Å². The lowest BCUT2D eigenvalue weighted by Gasteiger charge is -2.14. The molecule has 0 bridgehead atoms. The molecule has 28 heavy (non-hydrogen) atoms. The van der Waals surface area contributed by atoms with Gasteiger partial charge in [-0.05, 0) is 42.8 Å². The lowest BCUT2D eigenvalue weighted by Crippen LogP contribution is -2.12. The summed E-state index contributed by atoms with van der Waals surface area (Å²) in [5.74, 6) is 2.08. The third-order valence-corrected chi connectivity index (χ3v) is 3.93. The van der Waals surface area contributed by atoms with Gasteiger partial charge in [0.2, 0.25) is 5.91 Å². The maximum absolute atomic E-state index is 12.1. The van der Waals surface area contributed by atoms with E-state index < -0.39 is 0 Å². The molecule has 1 amide bonds. The molecule has 0 saturated carbocycles. The second-order valence-corrected chi connectivity index (χ2v) is 6.49. The van der Waals surface area contributed by atoms with Crippen molar-refractivity contribution in [2.24, 2.45) is 0 Å². The van der Waals surface area contributed by atoms with Crippen molar-refractivity contribution in [2.75, 3.05) is 29.6 Å². The fourth-order valence-electron chi connectivity index (χ4n) is 2.55. The molecule has 6 heteroatoms. The minimum atomic E-state index is -0.174. The molecule has 0 fully saturated rings. The highest BCUT2D eigenvalue weighted by Gasteiger charge is 2.05. The van der Waals surface area contributed by atoms with E-state index in [1.165, 1.54) is 6.08 Å². The molecule has 0 atom stereocenters. The maximum Gasteiger partial charge on any atom is 0.248 e. The van der Waals surface area contributed by atoms with Crippen molar-refractivity contribution in [3.8, 4) is 0 Å². The maximum atomic E-state index is 12.1. The zero-order valence-electron chi connectivity index (χ0n) is 16.2. The summed E-state index contributed by atoms with van der Waals surface area (Å²) in [6, 6.07) is 19.1. The Bertz CT molecular complexity index is 966. The number of carbonyl (C=O) groups is 1. The van der Waals surface area contributed by atoms with Crippen LogP contribution in [0.1, 0.15) is 11.4 Å². The normalized spacial score (nSPS) is 10.7. The number of hydrogen-bond donors (Lipinski definition) is 2. The summed E-state index contributed by atoms with van der Waals surface area (Å²) >= 11 is 0. The molecule has 1 aromatic heterocycles.